The van der Waals surface area contributed by atoms with E-state index >= 15 is 0 Å². The normalized spacial score (nSPS) is 9.88. The first kappa shape index (κ1) is 7.47. The smallest absolute Gasteiger partial charge is 0.303 e. The van der Waals surface area contributed by atoms with Crippen LogP contribution in [-0.4, -0.2) is 11.1 Å². The van der Waals surface area contributed by atoms with Gasteiger partial charge in [-0.3, -0.25) is 4.79 Å². The highest BCUT2D eigenvalue weighted by Gasteiger charge is 1.97. The monoisotopic (exact) mass is 120 g/mol. The minimum absolute atomic E-state index is 0.303. The van der Waals surface area contributed by atoms with Gasteiger partial charge in [-0.05, 0) is 12.3 Å². The predicted molar refractivity (Wildman–Crippen MR) is 31.7 cm³/mol. The van der Waals surface area contributed by atoms with Gasteiger partial charge < -0.3 is 5.11 Å². The summed E-state index contributed by atoms with van der Waals surface area (Å²) in [5, 5.41) is 8.16. The Labute approximate surface area is 49.5 Å². The highest BCUT2D eigenvalue weighted by atomic mass is 18.2. The maximum Gasteiger partial charge on any atom is 0.303 e. The zero-order valence-electron chi connectivity index (χ0n) is 5.35. The van der Waals surface area contributed by atoms with Crippen LogP contribution in [0.1, 0.15) is 26.7 Å². The van der Waals surface area contributed by atoms with Gasteiger partial charge in [-0.25, -0.2) is 0 Å². The lowest BCUT2D eigenvalue weighted by Gasteiger charge is -1.97. The third-order valence-corrected chi connectivity index (χ3v) is 0.936. The van der Waals surface area contributed by atoms with Crippen LogP contribution in [-0.2, 0) is 4.79 Å². The number of aliphatic carboxylic acids is 1. The van der Waals surface area contributed by atoms with Crippen LogP contribution >= 0.6 is 0 Å². The number of hydrogen-bond donors (Lipinski definition) is 1. The molecular formula is C6H12O2. The molecule has 1 N–H and O–H groups in total. The van der Waals surface area contributed by atoms with E-state index in [-0.39, 0.29) is 0 Å². The van der Waals surface area contributed by atoms with Crippen molar-refractivity contribution in [2.75, 3.05) is 0 Å². The molecule has 0 aliphatic carbocycles. The summed E-state index contributed by atoms with van der Waals surface area (Å²) < 4.78 is 0. The molecule has 0 unspecified atom stereocenters. The SMILES string of the molecule is CC(C)CCC(=[18O])[18OH]. The predicted octanol–water partition coefficient (Wildman–Crippen LogP) is 1.51. The van der Waals surface area contributed by atoms with Gasteiger partial charge >= 0.3 is 5.97 Å². The zero-order valence-corrected chi connectivity index (χ0v) is 5.35. The molecule has 0 saturated heterocycles. The summed E-state index contributed by atoms with van der Waals surface area (Å²) in [7, 11) is 0. The van der Waals surface area contributed by atoms with Crippen LogP contribution in [0.4, 0.5) is 0 Å². The molecule has 0 aromatic carbocycles. The summed E-state index contributed by atoms with van der Waals surface area (Å²) in [5.74, 6) is -0.190. The molecule has 0 aliphatic rings. The van der Waals surface area contributed by atoms with Crippen molar-refractivity contribution in [3.63, 3.8) is 0 Å². The van der Waals surface area contributed by atoms with E-state index in [2.05, 4.69) is 0 Å². The van der Waals surface area contributed by atoms with E-state index in [9.17, 15) is 4.79 Å². The van der Waals surface area contributed by atoms with Crippen molar-refractivity contribution >= 4 is 5.97 Å². The fourth-order valence-corrected chi connectivity index (χ4v) is 0.412. The van der Waals surface area contributed by atoms with Crippen LogP contribution in [0.25, 0.3) is 0 Å². The molecule has 0 spiro atoms. The summed E-state index contributed by atoms with van der Waals surface area (Å²) in [6.07, 6.45) is 1.09. The number of rotatable bonds is 3. The first-order chi connectivity index (χ1) is 3.63. The first-order valence-electron chi connectivity index (χ1n) is 2.84. The van der Waals surface area contributed by atoms with E-state index in [1.165, 1.54) is 0 Å². The molecule has 0 aliphatic heterocycles. The van der Waals surface area contributed by atoms with E-state index in [1.807, 2.05) is 13.8 Å². The third-order valence-electron chi connectivity index (χ3n) is 0.936. The largest absolute Gasteiger partial charge is 0.481 e. The molecule has 0 bridgehead atoms. The van der Waals surface area contributed by atoms with Crippen molar-refractivity contribution < 1.29 is 9.90 Å². The van der Waals surface area contributed by atoms with Crippen LogP contribution < -0.4 is 0 Å². The van der Waals surface area contributed by atoms with Crippen LogP contribution in [0, 0.1) is 5.92 Å². The summed E-state index contributed by atoms with van der Waals surface area (Å²) in [4.78, 5) is 9.90. The van der Waals surface area contributed by atoms with E-state index in [4.69, 9.17) is 5.11 Å². The Hall–Kier alpha value is -0.530. The van der Waals surface area contributed by atoms with E-state index < -0.39 is 5.97 Å². The Morgan fingerprint density at radius 2 is 2.12 bits per heavy atom. The second kappa shape index (κ2) is 3.47. The number of carboxylic acids is 1. The topological polar surface area (TPSA) is 37.3 Å². The van der Waals surface area contributed by atoms with Crippen LogP contribution in [0.15, 0.2) is 0 Å². The van der Waals surface area contributed by atoms with Gasteiger partial charge in [0.05, 0.1) is 0 Å². The van der Waals surface area contributed by atoms with Crippen molar-refractivity contribution in [3.05, 3.63) is 0 Å². The van der Waals surface area contributed by atoms with Gasteiger partial charge in [0.2, 0.25) is 0 Å². The van der Waals surface area contributed by atoms with Crippen molar-refractivity contribution in [2.24, 2.45) is 5.92 Å². The van der Waals surface area contributed by atoms with Gasteiger partial charge in [0.1, 0.15) is 0 Å². The second-order valence-electron chi connectivity index (χ2n) is 2.33. The molecule has 48 valence electrons. The van der Waals surface area contributed by atoms with Gasteiger partial charge in [0.15, 0.2) is 0 Å². The number of hydrogen-bond acceptors (Lipinski definition) is 1. The Kier molecular flexibility index (Phi) is 3.24. The van der Waals surface area contributed by atoms with E-state index in [0.717, 1.165) is 6.42 Å². The van der Waals surface area contributed by atoms with Gasteiger partial charge in [-0.2, -0.15) is 0 Å². The molecule has 0 saturated carbocycles. The molecule has 0 heterocycles. The molecule has 8 heavy (non-hydrogen) atoms. The lowest BCUT2D eigenvalue weighted by molar-refractivity contribution is -0.137. The van der Waals surface area contributed by atoms with Gasteiger partial charge in [0, 0.05) is 6.42 Å². The summed E-state index contributed by atoms with van der Waals surface area (Å²) in [6.45, 7) is 4.03. The van der Waals surface area contributed by atoms with Gasteiger partial charge in [0.25, 0.3) is 0 Å². The molecular weight excluding hydrogens is 108 g/mol. The Bertz CT molecular complexity index is 76.6. The lowest BCUT2D eigenvalue weighted by atomic mass is 10.1. The maximum absolute atomic E-state index is 9.90. The molecule has 0 atom stereocenters. The molecule has 2 nitrogen and oxygen atoms in total. The molecule has 0 amide bonds. The van der Waals surface area contributed by atoms with Gasteiger partial charge in [-0.15, -0.1) is 0 Å². The lowest BCUT2D eigenvalue weighted by Crippen LogP contribution is -1.97. The minimum Gasteiger partial charge on any atom is -0.481 e. The van der Waals surface area contributed by atoms with Gasteiger partial charge in [-0.1, -0.05) is 13.8 Å². The van der Waals surface area contributed by atoms with Crippen LogP contribution in [0.2, 0.25) is 0 Å². The standard InChI is InChI=1S/C6H12O2/c1-5(2)3-4-6(7)8/h5H,3-4H2,1-2H3,(H,7,8)/i7+2,8+2. The first-order valence-corrected chi connectivity index (χ1v) is 2.84. The number of carboxylic acid groups (broad SMARTS) is 1. The summed E-state index contributed by atoms with van der Waals surface area (Å²) in [6, 6.07) is 0. The van der Waals surface area contributed by atoms with Crippen molar-refractivity contribution in [3.8, 4) is 0 Å². The highest BCUT2D eigenvalue weighted by molar-refractivity contribution is 5.66. The van der Waals surface area contributed by atoms with E-state index in [0.29, 0.717) is 12.3 Å². The fourth-order valence-electron chi connectivity index (χ4n) is 0.412. The molecule has 0 fully saturated rings. The van der Waals surface area contributed by atoms with Crippen LogP contribution in [0.5, 0.6) is 0 Å². The summed E-state index contributed by atoms with van der Waals surface area (Å²) >= 11 is 0. The van der Waals surface area contributed by atoms with E-state index in [1.54, 1.807) is 0 Å². The fraction of sp³-hybridized carbons (Fsp3) is 0.833. The van der Waals surface area contributed by atoms with Crippen LogP contribution in [0.3, 0.4) is 0 Å². The average molecular weight is 120 g/mol. The Morgan fingerprint density at radius 3 is 2.25 bits per heavy atom. The maximum atomic E-state index is 9.90. The Morgan fingerprint density at radius 1 is 1.62 bits per heavy atom. The quantitative estimate of drug-likeness (QED) is 0.573. The summed E-state index contributed by atoms with van der Waals surface area (Å²) in [5.41, 5.74) is 0. The number of carbonyl (C=O) groups is 1. The molecule has 2 heteroatoms. The van der Waals surface area contributed by atoms with Crippen molar-refractivity contribution in [2.45, 2.75) is 26.7 Å². The molecule has 0 aromatic heterocycles. The molecule has 0 radical (unpaired) electrons. The zero-order chi connectivity index (χ0) is 6.57. The average Bonchev–Trinajstić information content (AvgIpc) is 1.61. The third kappa shape index (κ3) is 5.47. The van der Waals surface area contributed by atoms with Crippen molar-refractivity contribution in [1.82, 2.24) is 0 Å². The second-order valence-corrected chi connectivity index (χ2v) is 2.33. The highest BCUT2D eigenvalue weighted by Crippen LogP contribution is 2.01. The molecule has 0 aromatic rings. The Balaban J connectivity index is 3.05. The molecule has 0 rings (SSSR count). The van der Waals surface area contributed by atoms with Crippen molar-refractivity contribution in [1.29, 1.82) is 0 Å². The minimum atomic E-state index is -0.696.